The zero-order valence-electron chi connectivity index (χ0n) is 10.0. The van der Waals surface area contributed by atoms with Crippen LogP contribution in [0.3, 0.4) is 0 Å². The lowest BCUT2D eigenvalue weighted by atomic mass is 10.3. The summed E-state index contributed by atoms with van der Waals surface area (Å²) in [7, 11) is -3.28. The Kier molecular flexibility index (Phi) is 3.36. The molecule has 2 heterocycles. The molecule has 2 N–H and O–H groups in total. The van der Waals surface area contributed by atoms with Crippen molar-refractivity contribution in [1.29, 1.82) is 0 Å². The third kappa shape index (κ3) is 2.68. The number of sulfone groups is 1. The molecule has 18 heavy (non-hydrogen) atoms. The molecule has 0 saturated carbocycles. The van der Waals surface area contributed by atoms with Crippen molar-refractivity contribution in [2.45, 2.75) is 17.4 Å². The summed E-state index contributed by atoms with van der Waals surface area (Å²) in [4.78, 5) is 17.7. The van der Waals surface area contributed by atoms with E-state index >= 15 is 0 Å². The van der Waals surface area contributed by atoms with Crippen molar-refractivity contribution in [2.75, 3.05) is 19.3 Å². The van der Waals surface area contributed by atoms with E-state index < -0.39 is 9.84 Å². The molecule has 0 spiro atoms. The summed E-state index contributed by atoms with van der Waals surface area (Å²) in [5.74, 6) is -0.206. The van der Waals surface area contributed by atoms with Crippen molar-refractivity contribution in [3.8, 4) is 0 Å². The highest BCUT2D eigenvalue weighted by atomic mass is 32.2. The van der Waals surface area contributed by atoms with Gasteiger partial charge in [-0.1, -0.05) is 0 Å². The summed E-state index contributed by atoms with van der Waals surface area (Å²) in [6, 6.07) is 2.85. The monoisotopic (exact) mass is 269 g/mol. The smallest absolute Gasteiger partial charge is 0.272 e. The Morgan fingerprint density at radius 2 is 2.22 bits per heavy atom. The van der Waals surface area contributed by atoms with Crippen LogP contribution < -0.4 is 5.73 Å². The van der Waals surface area contributed by atoms with Gasteiger partial charge in [-0.15, -0.1) is 0 Å². The van der Waals surface area contributed by atoms with Crippen molar-refractivity contribution >= 4 is 15.7 Å². The van der Waals surface area contributed by atoms with E-state index in [0.29, 0.717) is 13.1 Å². The summed E-state index contributed by atoms with van der Waals surface area (Å²) in [5.41, 5.74) is 5.98. The van der Waals surface area contributed by atoms with Gasteiger partial charge in [0, 0.05) is 31.6 Å². The second-order valence-electron chi connectivity index (χ2n) is 4.45. The average molecular weight is 269 g/mol. The standard InChI is InChI=1S/C11H15N3O3S/c1-18(16,17)9-2-3-10(13-6-9)11(15)14-5-4-8(12)7-14/h2-3,6,8H,4-5,7,12H2,1H3. The molecule has 0 aromatic carbocycles. The molecule has 0 bridgehead atoms. The molecule has 98 valence electrons. The van der Waals surface area contributed by atoms with Gasteiger partial charge in [0.1, 0.15) is 5.69 Å². The first-order valence-electron chi connectivity index (χ1n) is 5.59. The van der Waals surface area contributed by atoms with Gasteiger partial charge in [-0.25, -0.2) is 13.4 Å². The van der Waals surface area contributed by atoms with Crippen LogP contribution >= 0.6 is 0 Å². The average Bonchev–Trinajstić information content (AvgIpc) is 2.74. The quantitative estimate of drug-likeness (QED) is 0.792. The van der Waals surface area contributed by atoms with E-state index in [9.17, 15) is 13.2 Å². The Balaban J connectivity index is 2.17. The maximum Gasteiger partial charge on any atom is 0.272 e. The highest BCUT2D eigenvalue weighted by Crippen LogP contribution is 2.13. The molecule has 1 atom stereocenters. The fourth-order valence-corrected chi connectivity index (χ4v) is 2.42. The minimum atomic E-state index is -3.28. The number of nitrogens with zero attached hydrogens (tertiary/aromatic N) is 2. The molecule has 1 saturated heterocycles. The number of rotatable bonds is 2. The fraction of sp³-hybridized carbons (Fsp3) is 0.455. The Hall–Kier alpha value is -1.47. The SMILES string of the molecule is CS(=O)(=O)c1ccc(C(=O)N2CCC(N)C2)nc1. The number of hydrogen-bond acceptors (Lipinski definition) is 5. The van der Waals surface area contributed by atoms with Crippen molar-refractivity contribution in [3.05, 3.63) is 24.0 Å². The molecule has 2 rings (SSSR count). The van der Waals surface area contributed by atoms with Gasteiger partial charge in [0.2, 0.25) is 0 Å². The van der Waals surface area contributed by atoms with E-state index in [1.807, 2.05) is 0 Å². The first-order chi connectivity index (χ1) is 8.38. The molecule has 6 nitrogen and oxygen atoms in total. The van der Waals surface area contributed by atoms with Crippen LogP contribution in [0.2, 0.25) is 0 Å². The van der Waals surface area contributed by atoms with E-state index in [-0.39, 0.29) is 22.5 Å². The maximum absolute atomic E-state index is 12.0. The van der Waals surface area contributed by atoms with Crippen molar-refractivity contribution in [3.63, 3.8) is 0 Å². The highest BCUT2D eigenvalue weighted by Gasteiger charge is 2.25. The molecule has 1 aliphatic rings. The second kappa shape index (κ2) is 4.66. The van der Waals surface area contributed by atoms with Crippen LogP contribution in [0.5, 0.6) is 0 Å². The topological polar surface area (TPSA) is 93.4 Å². The summed E-state index contributed by atoms with van der Waals surface area (Å²) in [6.45, 7) is 1.14. The fourth-order valence-electron chi connectivity index (χ4n) is 1.86. The minimum Gasteiger partial charge on any atom is -0.336 e. The summed E-state index contributed by atoms with van der Waals surface area (Å²) in [6.07, 6.45) is 3.09. The summed E-state index contributed by atoms with van der Waals surface area (Å²) >= 11 is 0. The molecule has 1 fully saturated rings. The molecule has 1 aliphatic heterocycles. The first-order valence-corrected chi connectivity index (χ1v) is 7.48. The number of carbonyl (C=O) groups excluding carboxylic acids is 1. The first kappa shape index (κ1) is 13.0. The normalized spacial score (nSPS) is 20.1. The molecule has 1 aromatic heterocycles. The Labute approximate surface area is 106 Å². The third-order valence-corrected chi connectivity index (χ3v) is 3.99. The lowest BCUT2D eigenvalue weighted by Crippen LogP contribution is -2.32. The number of nitrogens with two attached hydrogens (primary N) is 1. The zero-order valence-corrected chi connectivity index (χ0v) is 10.9. The number of amides is 1. The highest BCUT2D eigenvalue weighted by molar-refractivity contribution is 7.90. The molecular formula is C11H15N3O3S. The second-order valence-corrected chi connectivity index (χ2v) is 6.47. The Bertz CT molecular complexity index is 553. The van der Waals surface area contributed by atoms with Crippen LogP contribution in [0.15, 0.2) is 23.2 Å². The van der Waals surface area contributed by atoms with Crippen LogP contribution in [-0.2, 0) is 9.84 Å². The van der Waals surface area contributed by atoms with Gasteiger partial charge in [-0.3, -0.25) is 4.79 Å². The molecule has 1 amide bonds. The van der Waals surface area contributed by atoms with E-state index in [0.717, 1.165) is 12.7 Å². The van der Waals surface area contributed by atoms with Crippen molar-refractivity contribution in [1.82, 2.24) is 9.88 Å². The number of aromatic nitrogens is 1. The molecular weight excluding hydrogens is 254 g/mol. The van der Waals surface area contributed by atoms with E-state index in [2.05, 4.69) is 4.98 Å². The third-order valence-electron chi connectivity index (χ3n) is 2.90. The van der Waals surface area contributed by atoms with Gasteiger partial charge < -0.3 is 10.6 Å². The predicted octanol–water partition coefficient (Wildman–Crippen LogP) is -0.342. The van der Waals surface area contributed by atoms with Gasteiger partial charge in [-0.05, 0) is 18.6 Å². The van der Waals surface area contributed by atoms with Crippen LogP contribution in [-0.4, -0.2) is 49.6 Å². The van der Waals surface area contributed by atoms with Crippen molar-refractivity contribution in [2.24, 2.45) is 5.73 Å². The van der Waals surface area contributed by atoms with Crippen LogP contribution in [0.25, 0.3) is 0 Å². The Morgan fingerprint density at radius 3 is 2.67 bits per heavy atom. The lowest BCUT2D eigenvalue weighted by molar-refractivity contribution is 0.0785. The van der Waals surface area contributed by atoms with E-state index in [1.165, 1.54) is 18.3 Å². The molecule has 1 unspecified atom stereocenters. The number of hydrogen-bond donors (Lipinski definition) is 1. The number of likely N-dealkylation sites (tertiary alicyclic amines) is 1. The predicted molar refractivity (Wildman–Crippen MR) is 65.8 cm³/mol. The number of pyridine rings is 1. The molecule has 1 aromatic rings. The van der Waals surface area contributed by atoms with Gasteiger partial charge >= 0.3 is 0 Å². The van der Waals surface area contributed by atoms with Crippen LogP contribution in [0.4, 0.5) is 0 Å². The van der Waals surface area contributed by atoms with E-state index in [4.69, 9.17) is 5.73 Å². The largest absolute Gasteiger partial charge is 0.336 e. The maximum atomic E-state index is 12.0. The summed E-state index contributed by atoms with van der Waals surface area (Å²) in [5, 5.41) is 0. The number of carbonyl (C=O) groups is 1. The molecule has 0 aliphatic carbocycles. The van der Waals surface area contributed by atoms with Gasteiger partial charge in [-0.2, -0.15) is 0 Å². The van der Waals surface area contributed by atoms with Crippen LogP contribution in [0, 0.1) is 0 Å². The Morgan fingerprint density at radius 1 is 1.50 bits per heavy atom. The molecule has 0 radical (unpaired) electrons. The van der Waals surface area contributed by atoms with Crippen molar-refractivity contribution < 1.29 is 13.2 Å². The minimum absolute atomic E-state index is 0.0178. The van der Waals surface area contributed by atoms with Gasteiger partial charge in [0.25, 0.3) is 5.91 Å². The van der Waals surface area contributed by atoms with E-state index in [1.54, 1.807) is 4.90 Å². The summed E-state index contributed by atoms with van der Waals surface area (Å²) < 4.78 is 22.5. The lowest BCUT2D eigenvalue weighted by Gasteiger charge is -2.14. The van der Waals surface area contributed by atoms with Gasteiger partial charge in [0.05, 0.1) is 4.90 Å². The van der Waals surface area contributed by atoms with Crippen LogP contribution in [0.1, 0.15) is 16.9 Å². The molecule has 7 heteroatoms. The zero-order chi connectivity index (χ0) is 13.3. The van der Waals surface area contributed by atoms with Gasteiger partial charge in [0.15, 0.2) is 9.84 Å².